The molecule has 4 rings (SSSR count). The van der Waals surface area contributed by atoms with E-state index in [0.717, 1.165) is 18.6 Å². The molecule has 0 unspecified atom stereocenters. The third-order valence-corrected chi connectivity index (χ3v) is 4.73. The number of rotatable bonds is 4. The Balaban J connectivity index is 1.28. The lowest BCUT2D eigenvalue weighted by Crippen LogP contribution is -2.52. The van der Waals surface area contributed by atoms with Gasteiger partial charge in [-0.1, -0.05) is 6.07 Å². The van der Waals surface area contributed by atoms with Crippen molar-refractivity contribution in [2.45, 2.75) is 6.54 Å². The van der Waals surface area contributed by atoms with Crippen molar-refractivity contribution in [3.63, 3.8) is 0 Å². The minimum atomic E-state index is -0.0740. The van der Waals surface area contributed by atoms with Gasteiger partial charge in [-0.05, 0) is 18.2 Å². The molecule has 1 saturated heterocycles. The van der Waals surface area contributed by atoms with Crippen LogP contribution in [0, 0.1) is 11.3 Å². The first-order valence-corrected chi connectivity index (χ1v) is 8.88. The molecule has 9 heteroatoms. The molecule has 2 amide bonds. The van der Waals surface area contributed by atoms with Gasteiger partial charge in [0.1, 0.15) is 12.4 Å². The number of carbonyl (C=O) groups is 1. The molecule has 138 valence electrons. The van der Waals surface area contributed by atoms with Crippen molar-refractivity contribution in [3.05, 3.63) is 42.6 Å². The van der Waals surface area contributed by atoms with E-state index in [2.05, 4.69) is 49.5 Å². The van der Waals surface area contributed by atoms with Crippen molar-refractivity contribution in [1.82, 2.24) is 30.0 Å². The monoisotopic (exact) mass is 364 g/mol. The fraction of sp³-hybridized carbons (Fsp3) is 0.333. The number of H-pyrrole nitrogens is 1. The van der Waals surface area contributed by atoms with Crippen LogP contribution in [0.5, 0.6) is 0 Å². The Kier molecular flexibility index (Phi) is 4.61. The van der Waals surface area contributed by atoms with Gasteiger partial charge in [0.2, 0.25) is 0 Å². The highest BCUT2D eigenvalue weighted by atomic mass is 16.2. The van der Waals surface area contributed by atoms with E-state index < -0.39 is 0 Å². The maximum absolute atomic E-state index is 12.4. The van der Waals surface area contributed by atoms with Gasteiger partial charge in [0, 0.05) is 55.5 Å². The van der Waals surface area contributed by atoms with Crippen molar-refractivity contribution in [2.75, 3.05) is 37.6 Å². The Bertz CT molecular complexity index is 977. The molecular weight excluding hydrogens is 344 g/mol. The summed E-state index contributed by atoms with van der Waals surface area (Å²) in [4.78, 5) is 23.6. The largest absolute Gasteiger partial charge is 0.367 e. The number of benzene rings is 1. The maximum Gasteiger partial charge on any atom is 0.317 e. The molecule has 2 N–H and O–H groups in total. The Hall–Kier alpha value is -3.54. The van der Waals surface area contributed by atoms with Gasteiger partial charge in [0.25, 0.3) is 5.82 Å². The first-order chi connectivity index (χ1) is 13.2. The number of aromatic nitrogens is 4. The molecule has 3 heterocycles. The van der Waals surface area contributed by atoms with Gasteiger partial charge in [-0.2, -0.15) is 5.26 Å². The lowest BCUT2D eigenvalue weighted by molar-refractivity contribution is 0.194. The fourth-order valence-electron chi connectivity index (χ4n) is 3.34. The van der Waals surface area contributed by atoms with Crippen LogP contribution in [-0.2, 0) is 6.54 Å². The number of amides is 2. The summed E-state index contributed by atoms with van der Waals surface area (Å²) in [7, 11) is 0. The molecule has 0 saturated carbocycles. The van der Waals surface area contributed by atoms with Gasteiger partial charge >= 0.3 is 6.03 Å². The minimum absolute atomic E-state index is 0.0740. The summed E-state index contributed by atoms with van der Waals surface area (Å²) in [6.07, 6.45) is 3.44. The Morgan fingerprint density at radius 1 is 1.26 bits per heavy atom. The molecule has 0 bridgehead atoms. The molecule has 2 aromatic heterocycles. The van der Waals surface area contributed by atoms with Crippen LogP contribution in [0.25, 0.3) is 10.9 Å². The van der Waals surface area contributed by atoms with Crippen molar-refractivity contribution in [1.29, 1.82) is 5.26 Å². The topological polar surface area (TPSA) is 106 Å². The third-order valence-electron chi connectivity index (χ3n) is 4.73. The summed E-state index contributed by atoms with van der Waals surface area (Å²) in [6, 6.07) is 10.1. The summed E-state index contributed by atoms with van der Waals surface area (Å²) >= 11 is 0. The summed E-state index contributed by atoms with van der Waals surface area (Å²) in [6.45, 7) is 3.87. The van der Waals surface area contributed by atoms with E-state index in [-0.39, 0.29) is 11.9 Å². The SMILES string of the molecule is N#Cc1ncn(CCNC(=O)N2CCN(c3cccc4[nH]ccc34)CC2)n1. The zero-order valence-electron chi connectivity index (χ0n) is 14.8. The summed E-state index contributed by atoms with van der Waals surface area (Å²) in [5, 5.41) is 16.8. The third kappa shape index (κ3) is 3.55. The summed E-state index contributed by atoms with van der Waals surface area (Å²) < 4.78 is 1.55. The second-order valence-corrected chi connectivity index (χ2v) is 6.37. The van der Waals surface area contributed by atoms with E-state index in [1.54, 1.807) is 4.68 Å². The number of nitriles is 1. The highest BCUT2D eigenvalue weighted by Gasteiger charge is 2.22. The van der Waals surface area contributed by atoms with E-state index in [1.807, 2.05) is 17.2 Å². The number of carbonyl (C=O) groups excluding carboxylic acids is 1. The lowest BCUT2D eigenvalue weighted by atomic mass is 10.2. The predicted octanol–water partition coefficient (Wildman–Crippen LogP) is 1.16. The second kappa shape index (κ2) is 7.37. The normalized spacial score (nSPS) is 14.3. The summed E-state index contributed by atoms with van der Waals surface area (Å²) in [5.41, 5.74) is 2.33. The van der Waals surface area contributed by atoms with E-state index in [1.165, 1.54) is 17.4 Å². The van der Waals surface area contributed by atoms with Gasteiger partial charge in [0.05, 0.1) is 6.54 Å². The molecule has 3 aromatic rings. The minimum Gasteiger partial charge on any atom is -0.367 e. The molecule has 1 aliphatic rings. The number of nitrogens with one attached hydrogen (secondary N) is 2. The van der Waals surface area contributed by atoms with Gasteiger partial charge in [-0.15, -0.1) is 5.10 Å². The Morgan fingerprint density at radius 3 is 2.89 bits per heavy atom. The van der Waals surface area contributed by atoms with Gasteiger partial charge in [0.15, 0.2) is 0 Å². The molecule has 1 fully saturated rings. The number of urea groups is 1. The van der Waals surface area contributed by atoms with E-state index >= 15 is 0 Å². The van der Waals surface area contributed by atoms with Crippen molar-refractivity contribution >= 4 is 22.6 Å². The molecule has 27 heavy (non-hydrogen) atoms. The van der Waals surface area contributed by atoms with Crippen LogP contribution in [0.3, 0.4) is 0 Å². The molecule has 0 atom stereocenters. The zero-order valence-corrected chi connectivity index (χ0v) is 14.8. The molecule has 0 aliphatic carbocycles. The highest BCUT2D eigenvalue weighted by Crippen LogP contribution is 2.26. The number of anilines is 1. The molecule has 0 radical (unpaired) electrons. The van der Waals surface area contributed by atoms with Crippen molar-refractivity contribution in [3.8, 4) is 6.07 Å². The molecule has 1 aromatic carbocycles. The maximum atomic E-state index is 12.4. The van der Waals surface area contributed by atoms with Crippen LogP contribution >= 0.6 is 0 Å². The van der Waals surface area contributed by atoms with Crippen LogP contribution in [0.1, 0.15) is 5.82 Å². The van der Waals surface area contributed by atoms with E-state index in [4.69, 9.17) is 5.26 Å². The average molecular weight is 364 g/mol. The number of aromatic amines is 1. The van der Waals surface area contributed by atoms with E-state index in [9.17, 15) is 4.79 Å². The van der Waals surface area contributed by atoms with Crippen LogP contribution in [0.15, 0.2) is 36.8 Å². The summed E-state index contributed by atoms with van der Waals surface area (Å²) in [5.74, 6) is 0.134. The van der Waals surface area contributed by atoms with Gasteiger partial charge < -0.3 is 20.1 Å². The lowest BCUT2D eigenvalue weighted by Gasteiger charge is -2.36. The standard InChI is InChI=1S/C18H20N8O/c19-12-17-22-13-26(23-17)7-6-21-18(27)25-10-8-24(9-11-25)16-3-1-2-15-14(16)4-5-20-15/h1-5,13,20H,6-11H2,(H,21,27). The number of hydrogen-bond acceptors (Lipinski definition) is 5. The smallest absolute Gasteiger partial charge is 0.317 e. The Morgan fingerprint density at radius 2 is 2.11 bits per heavy atom. The van der Waals surface area contributed by atoms with Crippen molar-refractivity contribution < 1.29 is 4.79 Å². The molecule has 0 spiro atoms. The first-order valence-electron chi connectivity index (χ1n) is 8.88. The number of hydrogen-bond donors (Lipinski definition) is 2. The molecule has 9 nitrogen and oxygen atoms in total. The predicted molar refractivity (Wildman–Crippen MR) is 100 cm³/mol. The van der Waals surface area contributed by atoms with Crippen LogP contribution in [0.2, 0.25) is 0 Å². The quantitative estimate of drug-likeness (QED) is 0.723. The zero-order chi connectivity index (χ0) is 18.6. The van der Waals surface area contributed by atoms with E-state index in [0.29, 0.717) is 26.2 Å². The number of piperazine rings is 1. The number of nitrogens with zero attached hydrogens (tertiary/aromatic N) is 6. The highest BCUT2D eigenvalue weighted by molar-refractivity contribution is 5.92. The van der Waals surface area contributed by atoms with Crippen LogP contribution in [-0.4, -0.2) is 63.4 Å². The van der Waals surface area contributed by atoms with Gasteiger partial charge in [-0.3, -0.25) is 0 Å². The average Bonchev–Trinajstić information content (AvgIpc) is 3.37. The molecular formula is C18H20N8O. The van der Waals surface area contributed by atoms with Crippen molar-refractivity contribution in [2.24, 2.45) is 0 Å². The van der Waals surface area contributed by atoms with Crippen LogP contribution in [0.4, 0.5) is 10.5 Å². The first kappa shape index (κ1) is 16.9. The fourth-order valence-corrected chi connectivity index (χ4v) is 3.34. The van der Waals surface area contributed by atoms with Gasteiger partial charge in [-0.25, -0.2) is 14.5 Å². The molecule has 1 aliphatic heterocycles. The second-order valence-electron chi connectivity index (χ2n) is 6.37. The Labute approximate surface area is 156 Å². The van der Waals surface area contributed by atoms with Crippen LogP contribution < -0.4 is 10.2 Å². The number of fused-ring (bicyclic) bond motifs is 1.